The molecule has 2 heterocycles. The summed E-state index contributed by atoms with van der Waals surface area (Å²) in [6, 6.07) is 4.96. The van der Waals surface area contributed by atoms with Crippen molar-refractivity contribution in [3.63, 3.8) is 0 Å². The smallest absolute Gasteiger partial charge is 0.193 e. The monoisotopic (exact) mass is 422 g/mol. The number of rotatable bonds is 5. The van der Waals surface area contributed by atoms with Crippen LogP contribution in [0.5, 0.6) is 0 Å². The Bertz CT molecular complexity index is 421. The number of aliphatic imine (C=N–C) groups is 1. The number of halogens is 1. The lowest BCUT2D eigenvalue weighted by Gasteiger charge is -2.25. The highest BCUT2D eigenvalue weighted by Gasteiger charge is 2.21. The largest absolute Gasteiger partial charge is 0.355 e. The van der Waals surface area contributed by atoms with Crippen LogP contribution in [0, 0.1) is 0 Å². The van der Waals surface area contributed by atoms with Gasteiger partial charge < -0.3 is 15.1 Å². The number of hydrogen-bond donors (Lipinski definition) is 1. The van der Waals surface area contributed by atoms with Crippen LogP contribution < -0.4 is 5.32 Å². The molecule has 1 fully saturated rings. The molecule has 0 radical (unpaired) electrons. The van der Waals surface area contributed by atoms with Crippen molar-refractivity contribution >= 4 is 41.3 Å². The third-order valence-corrected chi connectivity index (χ3v) is 4.95. The van der Waals surface area contributed by atoms with E-state index in [2.05, 4.69) is 51.7 Å². The van der Waals surface area contributed by atoms with E-state index >= 15 is 0 Å². The highest BCUT2D eigenvalue weighted by Crippen LogP contribution is 2.13. The molecular formula is C15H27IN4S. The van der Waals surface area contributed by atoms with Gasteiger partial charge in [0, 0.05) is 38.1 Å². The van der Waals surface area contributed by atoms with Crippen molar-refractivity contribution in [1.82, 2.24) is 15.1 Å². The third-order valence-electron chi connectivity index (χ3n) is 4.01. The summed E-state index contributed by atoms with van der Waals surface area (Å²) in [7, 11) is 6.19. The van der Waals surface area contributed by atoms with Gasteiger partial charge in [0.1, 0.15) is 0 Å². The van der Waals surface area contributed by atoms with Crippen molar-refractivity contribution in [1.29, 1.82) is 0 Å². The van der Waals surface area contributed by atoms with Crippen LogP contribution in [-0.2, 0) is 6.42 Å². The van der Waals surface area contributed by atoms with Gasteiger partial charge in [0.15, 0.2) is 5.96 Å². The molecule has 1 aliphatic heterocycles. The summed E-state index contributed by atoms with van der Waals surface area (Å²) in [6.07, 6.45) is 3.69. The molecule has 0 aliphatic carbocycles. The SMILES string of the molecule is CN=C(NCC1CCCN1C)N(C)CCc1cccs1.I. The summed E-state index contributed by atoms with van der Waals surface area (Å²) in [5.74, 6) is 1.00. The van der Waals surface area contributed by atoms with Gasteiger partial charge >= 0.3 is 0 Å². The van der Waals surface area contributed by atoms with E-state index in [-0.39, 0.29) is 24.0 Å². The standard InChI is InChI=1S/C15H26N4S.HI/c1-16-15(17-12-13-6-4-9-18(13)2)19(3)10-8-14-7-5-11-20-14;/h5,7,11,13H,4,6,8-10,12H2,1-3H3,(H,16,17);1H. The van der Waals surface area contributed by atoms with Gasteiger partial charge in [0.25, 0.3) is 0 Å². The van der Waals surface area contributed by atoms with Crippen LogP contribution in [0.3, 0.4) is 0 Å². The minimum Gasteiger partial charge on any atom is -0.355 e. The third kappa shape index (κ3) is 5.75. The number of guanidine groups is 1. The fourth-order valence-corrected chi connectivity index (χ4v) is 3.37. The molecule has 1 aromatic heterocycles. The molecule has 0 saturated carbocycles. The lowest BCUT2D eigenvalue weighted by Crippen LogP contribution is -2.45. The van der Waals surface area contributed by atoms with Crippen molar-refractivity contribution in [2.45, 2.75) is 25.3 Å². The van der Waals surface area contributed by atoms with E-state index in [1.54, 1.807) is 0 Å². The molecule has 6 heteroatoms. The van der Waals surface area contributed by atoms with E-state index < -0.39 is 0 Å². The van der Waals surface area contributed by atoms with Crippen molar-refractivity contribution in [2.24, 2.45) is 4.99 Å². The Hall–Kier alpha value is -0.340. The first kappa shape index (κ1) is 18.7. The summed E-state index contributed by atoms with van der Waals surface area (Å²) in [6.45, 7) is 3.21. The molecule has 1 saturated heterocycles. The van der Waals surface area contributed by atoms with Gasteiger partial charge in [-0.05, 0) is 44.3 Å². The normalized spacial score (nSPS) is 19.4. The van der Waals surface area contributed by atoms with Crippen LogP contribution >= 0.6 is 35.3 Å². The second-order valence-electron chi connectivity index (χ2n) is 5.46. The van der Waals surface area contributed by atoms with E-state index in [9.17, 15) is 0 Å². The Morgan fingerprint density at radius 3 is 2.95 bits per heavy atom. The van der Waals surface area contributed by atoms with Gasteiger partial charge in [0.2, 0.25) is 0 Å². The van der Waals surface area contributed by atoms with Crippen LogP contribution in [0.4, 0.5) is 0 Å². The van der Waals surface area contributed by atoms with E-state index in [4.69, 9.17) is 0 Å². The van der Waals surface area contributed by atoms with Gasteiger partial charge in [-0.25, -0.2) is 0 Å². The summed E-state index contributed by atoms with van der Waals surface area (Å²) >= 11 is 1.82. The maximum atomic E-state index is 4.39. The number of likely N-dealkylation sites (N-methyl/N-ethyl adjacent to an activating group) is 2. The van der Waals surface area contributed by atoms with Crippen molar-refractivity contribution in [2.75, 3.05) is 40.8 Å². The Labute approximate surface area is 149 Å². The highest BCUT2D eigenvalue weighted by molar-refractivity contribution is 14.0. The average Bonchev–Trinajstić information content (AvgIpc) is 3.09. The molecule has 0 spiro atoms. The molecule has 1 atom stereocenters. The maximum absolute atomic E-state index is 4.39. The number of hydrogen-bond acceptors (Lipinski definition) is 3. The van der Waals surface area contributed by atoms with Crippen LogP contribution in [0.2, 0.25) is 0 Å². The molecule has 120 valence electrons. The second kappa shape index (κ2) is 9.63. The molecule has 1 N–H and O–H groups in total. The minimum absolute atomic E-state index is 0. The van der Waals surface area contributed by atoms with E-state index in [0.29, 0.717) is 6.04 Å². The quantitative estimate of drug-likeness (QED) is 0.450. The van der Waals surface area contributed by atoms with E-state index in [1.165, 1.54) is 24.3 Å². The lowest BCUT2D eigenvalue weighted by atomic mass is 10.2. The average molecular weight is 422 g/mol. The molecule has 4 nitrogen and oxygen atoms in total. The van der Waals surface area contributed by atoms with Gasteiger partial charge in [0.05, 0.1) is 0 Å². The Balaban J connectivity index is 0.00000220. The molecule has 1 unspecified atom stereocenters. The predicted octanol–water partition coefficient (Wildman–Crippen LogP) is 2.51. The van der Waals surface area contributed by atoms with Crippen LogP contribution in [0.15, 0.2) is 22.5 Å². The molecule has 1 aromatic rings. The molecular weight excluding hydrogens is 395 g/mol. The Morgan fingerprint density at radius 2 is 2.38 bits per heavy atom. The first-order chi connectivity index (χ1) is 9.70. The summed E-state index contributed by atoms with van der Waals surface area (Å²) in [5.41, 5.74) is 0. The molecule has 1 aliphatic rings. The summed E-state index contributed by atoms with van der Waals surface area (Å²) in [5, 5.41) is 5.65. The molecule has 0 aromatic carbocycles. The number of nitrogens with one attached hydrogen (secondary N) is 1. The van der Waals surface area contributed by atoms with Crippen molar-refractivity contribution < 1.29 is 0 Å². The highest BCUT2D eigenvalue weighted by atomic mass is 127. The molecule has 0 bridgehead atoms. The Kier molecular flexibility index (Phi) is 8.58. The number of nitrogens with zero attached hydrogens (tertiary/aromatic N) is 3. The van der Waals surface area contributed by atoms with Gasteiger partial charge in [-0.2, -0.15) is 0 Å². The Morgan fingerprint density at radius 1 is 1.57 bits per heavy atom. The second-order valence-corrected chi connectivity index (χ2v) is 6.49. The van der Waals surface area contributed by atoms with Crippen LogP contribution in [-0.4, -0.2) is 62.6 Å². The summed E-state index contributed by atoms with van der Waals surface area (Å²) < 4.78 is 0. The van der Waals surface area contributed by atoms with Crippen LogP contribution in [0.25, 0.3) is 0 Å². The van der Waals surface area contributed by atoms with E-state index in [1.807, 2.05) is 18.4 Å². The lowest BCUT2D eigenvalue weighted by molar-refractivity contribution is 0.307. The van der Waals surface area contributed by atoms with Gasteiger partial charge in [-0.3, -0.25) is 4.99 Å². The van der Waals surface area contributed by atoms with Gasteiger partial charge in [-0.15, -0.1) is 35.3 Å². The zero-order valence-electron chi connectivity index (χ0n) is 13.2. The first-order valence-corrected chi connectivity index (χ1v) is 8.23. The minimum atomic E-state index is 0. The maximum Gasteiger partial charge on any atom is 0.193 e. The fraction of sp³-hybridized carbons (Fsp3) is 0.667. The predicted molar refractivity (Wildman–Crippen MR) is 103 cm³/mol. The zero-order chi connectivity index (χ0) is 14.4. The zero-order valence-corrected chi connectivity index (χ0v) is 16.4. The van der Waals surface area contributed by atoms with Gasteiger partial charge in [-0.1, -0.05) is 6.07 Å². The summed E-state index contributed by atoms with van der Waals surface area (Å²) in [4.78, 5) is 10.5. The number of thiophene rings is 1. The molecule has 0 amide bonds. The fourth-order valence-electron chi connectivity index (χ4n) is 2.67. The molecule has 2 rings (SSSR count). The van der Waals surface area contributed by atoms with Crippen molar-refractivity contribution in [3.05, 3.63) is 22.4 Å². The first-order valence-electron chi connectivity index (χ1n) is 7.35. The molecule has 21 heavy (non-hydrogen) atoms. The van der Waals surface area contributed by atoms with Crippen molar-refractivity contribution in [3.8, 4) is 0 Å². The van der Waals surface area contributed by atoms with Crippen LogP contribution in [0.1, 0.15) is 17.7 Å². The number of likely N-dealkylation sites (tertiary alicyclic amines) is 1. The topological polar surface area (TPSA) is 30.9 Å². The van der Waals surface area contributed by atoms with E-state index in [0.717, 1.165) is 25.5 Å².